The van der Waals surface area contributed by atoms with Gasteiger partial charge in [-0.2, -0.15) is 0 Å². The largest absolute Gasteiger partial charge is 0.497 e. The van der Waals surface area contributed by atoms with Crippen LogP contribution in [0.15, 0.2) is 413 Å². The van der Waals surface area contributed by atoms with E-state index in [9.17, 15) is 0 Å². The summed E-state index contributed by atoms with van der Waals surface area (Å²) in [5.74, 6) is 4.61. The first-order valence-corrected chi connectivity index (χ1v) is 40.4. The molecule has 6 heteroatoms. The van der Waals surface area contributed by atoms with Crippen molar-refractivity contribution in [3.05, 3.63) is 413 Å². The van der Waals surface area contributed by atoms with Crippen LogP contribution >= 0.6 is 0 Å². The minimum absolute atomic E-state index is 0.756. The van der Waals surface area contributed by atoms with Crippen LogP contribution in [0.25, 0.3) is 189 Å². The van der Waals surface area contributed by atoms with E-state index in [2.05, 4.69) is 413 Å². The van der Waals surface area contributed by atoms with Gasteiger partial charge in [0.15, 0.2) is 0 Å². The van der Waals surface area contributed by atoms with Crippen LogP contribution < -0.4 is 28.4 Å². The Hall–Kier alpha value is -15.2. The monoisotopic (exact) mass is 1550 g/mol. The molecule has 18 aromatic carbocycles. The maximum atomic E-state index is 6.00. The molecule has 0 bridgehead atoms. The van der Waals surface area contributed by atoms with Crippen molar-refractivity contribution in [3.63, 3.8) is 0 Å². The molecule has 0 amide bonds. The molecular formula is C114H86O6. The van der Waals surface area contributed by atoms with E-state index in [1.807, 2.05) is 0 Å². The normalized spacial score (nSPS) is 11.1. The fourth-order valence-corrected chi connectivity index (χ4v) is 17.4. The topological polar surface area (TPSA) is 55.4 Å². The number of hydrogen-bond donors (Lipinski definition) is 0. The van der Waals surface area contributed by atoms with Gasteiger partial charge >= 0.3 is 0 Å². The van der Waals surface area contributed by atoms with Gasteiger partial charge in [0, 0.05) is 0 Å². The lowest BCUT2D eigenvalue weighted by atomic mass is 9.73. The van der Waals surface area contributed by atoms with Crippen LogP contribution in [0.2, 0.25) is 0 Å². The molecule has 18 rings (SSSR count). The number of hydrogen-bond acceptors (Lipinski definition) is 6. The lowest BCUT2D eigenvalue weighted by Crippen LogP contribution is -2.03. The number of ether oxygens (including phenoxy) is 6. The van der Waals surface area contributed by atoms with Gasteiger partial charge in [-0.15, -0.1) is 0 Å². The van der Waals surface area contributed by atoms with E-state index in [4.69, 9.17) is 28.4 Å². The minimum atomic E-state index is 0.756. The van der Waals surface area contributed by atoms with Crippen molar-refractivity contribution >= 4 is 0 Å². The Labute approximate surface area is 702 Å². The minimum Gasteiger partial charge on any atom is -0.497 e. The van der Waals surface area contributed by atoms with Gasteiger partial charge in [-0.05, 0) is 268 Å². The van der Waals surface area contributed by atoms with E-state index in [-0.39, 0.29) is 0 Å². The van der Waals surface area contributed by atoms with Gasteiger partial charge in [0.2, 0.25) is 0 Å². The summed E-state index contributed by atoms with van der Waals surface area (Å²) in [5.41, 5.74) is 36.0. The van der Waals surface area contributed by atoms with Crippen LogP contribution in [0, 0.1) is 0 Å². The van der Waals surface area contributed by atoms with E-state index in [0.29, 0.717) is 0 Å². The molecule has 0 heterocycles. The van der Waals surface area contributed by atoms with Crippen LogP contribution in [-0.2, 0) is 0 Å². The third-order valence-corrected chi connectivity index (χ3v) is 23.0. The van der Waals surface area contributed by atoms with E-state index in [1.165, 1.54) is 0 Å². The molecule has 0 N–H and O–H groups in total. The van der Waals surface area contributed by atoms with Crippen molar-refractivity contribution in [2.24, 2.45) is 0 Å². The SMILES string of the molecule is COc1ccc(-c2c(-c3ccccc3)cc(-c3ccc(-c4c(-c5ccccc5)c(-c5ccc(OC)cc5)c(-c5ccc(OC)cc5)c(-c5ccccc5)c4-c4ccc(-c5c(-c6ccccc6)c(-c6ccccc6)c(-c6ccc(OC)cc6)c(-c6ccc(OC)cc6)c5-c5ccccc5)cc4)cc3)c(-c3ccccc3)c2-c2ccc(OC)cc2)cc1. The van der Waals surface area contributed by atoms with Crippen LogP contribution in [0.4, 0.5) is 0 Å². The summed E-state index contributed by atoms with van der Waals surface area (Å²) in [4.78, 5) is 0. The van der Waals surface area contributed by atoms with E-state index in [1.54, 1.807) is 42.7 Å². The van der Waals surface area contributed by atoms with Gasteiger partial charge in [0.25, 0.3) is 0 Å². The van der Waals surface area contributed by atoms with Gasteiger partial charge in [-0.3, -0.25) is 0 Å². The molecule has 0 aliphatic carbocycles. The molecule has 578 valence electrons. The zero-order valence-electron chi connectivity index (χ0n) is 67.7. The Kier molecular flexibility index (Phi) is 21.7. The van der Waals surface area contributed by atoms with Crippen molar-refractivity contribution in [2.45, 2.75) is 0 Å². The summed E-state index contributed by atoms with van der Waals surface area (Å²) in [6, 6.07) is 149. The van der Waals surface area contributed by atoms with Crippen LogP contribution in [0.5, 0.6) is 34.5 Å². The first-order chi connectivity index (χ1) is 59.3. The highest BCUT2D eigenvalue weighted by molar-refractivity contribution is 6.18. The average Bonchev–Trinajstić information content (AvgIpc) is 0.717. The maximum Gasteiger partial charge on any atom is 0.118 e. The second-order valence-electron chi connectivity index (χ2n) is 29.7. The predicted molar refractivity (Wildman–Crippen MR) is 498 cm³/mol. The molecule has 18 aromatic rings. The second-order valence-corrected chi connectivity index (χ2v) is 29.7. The molecule has 0 spiro atoms. The van der Waals surface area contributed by atoms with E-state index < -0.39 is 0 Å². The molecule has 0 atom stereocenters. The van der Waals surface area contributed by atoms with Crippen LogP contribution in [0.3, 0.4) is 0 Å². The molecular weight excluding hydrogens is 1470 g/mol. The number of methoxy groups -OCH3 is 6. The summed E-state index contributed by atoms with van der Waals surface area (Å²) < 4.78 is 35.5. The van der Waals surface area contributed by atoms with Crippen molar-refractivity contribution in [3.8, 4) is 224 Å². The van der Waals surface area contributed by atoms with E-state index >= 15 is 0 Å². The maximum absolute atomic E-state index is 6.00. The van der Waals surface area contributed by atoms with Gasteiger partial charge in [0.05, 0.1) is 42.7 Å². The lowest BCUT2D eigenvalue weighted by Gasteiger charge is -2.30. The molecule has 0 aromatic heterocycles. The van der Waals surface area contributed by atoms with Crippen LogP contribution in [-0.4, -0.2) is 42.7 Å². The summed E-state index contributed by atoms with van der Waals surface area (Å²) in [7, 11) is 10.4. The van der Waals surface area contributed by atoms with Crippen LogP contribution in [0.1, 0.15) is 0 Å². The summed E-state index contributed by atoms with van der Waals surface area (Å²) in [6.45, 7) is 0. The Bertz CT molecular complexity index is 6610. The first kappa shape index (κ1) is 76.1. The lowest BCUT2D eigenvalue weighted by molar-refractivity contribution is 0.414. The zero-order chi connectivity index (χ0) is 81.4. The molecule has 0 unspecified atom stereocenters. The molecule has 120 heavy (non-hydrogen) atoms. The summed E-state index contributed by atoms with van der Waals surface area (Å²) in [6.07, 6.45) is 0. The van der Waals surface area contributed by atoms with Crippen molar-refractivity contribution < 1.29 is 28.4 Å². The molecule has 0 saturated carbocycles. The van der Waals surface area contributed by atoms with E-state index in [0.717, 1.165) is 224 Å². The van der Waals surface area contributed by atoms with Gasteiger partial charge in [-0.1, -0.05) is 334 Å². The molecule has 0 fully saturated rings. The average molecular weight is 1550 g/mol. The third-order valence-electron chi connectivity index (χ3n) is 23.0. The smallest absolute Gasteiger partial charge is 0.118 e. The predicted octanol–water partition coefficient (Wildman–Crippen LogP) is 30.1. The Morgan fingerprint density at radius 3 is 0.383 bits per heavy atom. The van der Waals surface area contributed by atoms with Gasteiger partial charge in [-0.25, -0.2) is 0 Å². The second kappa shape index (κ2) is 34.3. The quantitative estimate of drug-likeness (QED) is 0.0636. The summed E-state index contributed by atoms with van der Waals surface area (Å²) >= 11 is 0. The van der Waals surface area contributed by atoms with Crippen molar-refractivity contribution in [1.29, 1.82) is 0 Å². The molecule has 0 radical (unpaired) electrons. The van der Waals surface area contributed by atoms with Gasteiger partial charge < -0.3 is 28.4 Å². The summed E-state index contributed by atoms with van der Waals surface area (Å²) in [5, 5.41) is 0. The highest BCUT2D eigenvalue weighted by atomic mass is 16.5. The third kappa shape index (κ3) is 14.7. The highest BCUT2D eigenvalue weighted by Crippen LogP contribution is 2.60. The fraction of sp³-hybridized carbons (Fsp3) is 0.0526. The van der Waals surface area contributed by atoms with Gasteiger partial charge in [0.1, 0.15) is 34.5 Å². The standard InChI is InChI=1S/C114H86O6/c1-115-92-62-50-83(51-63-92)101-98(75-28-14-7-15-29-75)74-99(100(77-30-16-8-17-31-77)102(101)87-52-64-93(116-2)65-53-87)76-42-44-84(45-43-76)109-106(81-38-24-12-25-39-81)113(90-58-70-96(119-5)71-59-90)114(91-60-72-97(120-6)73-61-91)107(82-40-26-13-27-41-82)110(109)86-48-46-85(47-49-86)108-103(78-32-18-9-19-33-78)104(79-34-20-10-21-35-79)111(88-54-66-94(117-3)67-55-88)112(89-56-68-95(118-4)69-57-89)105(108)80-36-22-11-23-37-80/h7-74H,1-6H3. The number of rotatable bonds is 23. The van der Waals surface area contributed by atoms with Crippen molar-refractivity contribution in [1.82, 2.24) is 0 Å². The zero-order valence-corrected chi connectivity index (χ0v) is 67.7. The number of benzene rings is 18. The van der Waals surface area contributed by atoms with Crippen molar-refractivity contribution in [2.75, 3.05) is 42.7 Å². The fourth-order valence-electron chi connectivity index (χ4n) is 17.4. The highest BCUT2D eigenvalue weighted by Gasteiger charge is 2.34. The molecule has 0 saturated heterocycles. The first-order valence-electron chi connectivity index (χ1n) is 40.4. The molecule has 0 aliphatic heterocycles. The Morgan fingerprint density at radius 2 is 0.217 bits per heavy atom. The molecule has 6 nitrogen and oxygen atoms in total. The molecule has 0 aliphatic rings. The Balaban J connectivity index is 0.979. The Morgan fingerprint density at radius 1 is 0.108 bits per heavy atom.